The van der Waals surface area contributed by atoms with E-state index in [0.29, 0.717) is 17.0 Å². The summed E-state index contributed by atoms with van der Waals surface area (Å²) in [6.07, 6.45) is 2.37. The van der Waals surface area contributed by atoms with Gasteiger partial charge >= 0.3 is 0 Å². The molecule has 3 N–H and O–H groups in total. The maximum atomic E-state index is 11.6. The molecular formula is C11H14N2O2. The second-order valence-corrected chi connectivity index (χ2v) is 3.62. The molecule has 0 bridgehead atoms. The zero-order valence-electron chi connectivity index (χ0n) is 8.62. The van der Waals surface area contributed by atoms with Crippen molar-refractivity contribution in [2.24, 2.45) is 0 Å². The van der Waals surface area contributed by atoms with Crippen molar-refractivity contribution in [3.05, 3.63) is 23.8 Å². The van der Waals surface area contributed by atoms with Crippen LogP contribution in [-0.2, 0) is 0 Å². The van der Waals surface area contributed by atoms with Crippen molar-refractivity contribution in [1.82, 2.24) is 5.32 Å². The quantitative estimate of drug-likeness (QED) is 0.730. The summed E-state index contributed by atoms with van der Waals surface area (Å²) in [5, 5.41) is 2.56. The maximum absolute atomic E-state index is 11.6. The topological polar surface area (TPSA) is 64.4 Å². The average Bonchev–Trinajstić information content (AvgIpc) is 3.01. The van der Waals surface area contributed by atoms with Gasteiger partial charge in [0.25, 0.3) is 5.91 Å². The van der Waals surface area contributed by atoms with Crippen LogP contribution in [-0.4, -0.2) is 19.1 Å². The number of nitrogen functional groups attached to an aromatic ring is 1. The Morgan fingerprint density at radius 3 is 2.87 bits per heavy atom. The first kappa shape index (κ1) is 9.83. The lowest BCUT2D eigenvalue weighted by Crippen LogP contribution is -2.20. The number of ether oxygens (including phenoxy) is 1. The van der Waals surface area contributed by atoms with E-state index in [1.165, 1.54) is 0 Å². The number of carbonyl (C=O) groups is 1. The number of anilines is 1. The fraction of sp³-hybridized carbons (Fsp3) is 0.364. The van der Waals surface area contributed by atoms with E-state index in [1.807, 2.05) is 0 Å². The first-order valence-electron chi connectivity index (χ1n) is 4.99. The van der Waals surface area contributed by atoms with Crippen LogP contribution in [0.1, 0.15) is 23.2 Å². The maximum Gasteiger partial charge on any atom is 0.256 e. The van der Waals surface area contributed by atoms with E-state index in [2.05, 4.69) is 5.32 Å². The molecule has 0 spiro atoms. The van der Waals surface area contributed by atoms with Gasteiger partial charge in [-0.15, -0.1) is 0 Å². The summed E-state index contributed by atoms with van der Waals surface area (Å²) in [6, 6.07) is 5.27. The Morgan fingerprint density at radius 2 is 2.27 bits per heavy atom. The Balaban J connectivity index is 2.33. The summed E-state index contributed by atoms with van der Waals surface area (Å²) >= 11 is 0. The number of hydrogen-bond donors (Lipinski definition) is 2. The van der Waals surface area contributed by atoms with Gasteiger partial charge in [0.15, 0.2) is 0 Å². The van der Waals surface area contributed by atoms with Gasteiger partial charge in [0, 0.05) is 12.7 Å². The van der Waals surface area contributed by atoms with Crippen LogP contribution < -0.4 is 15.8 Å². The molecule has 1 aliphatic rings. The van der Waals surface area contributed by atoms with Crippen LogP contribution in [0.25, 0.3) is 0 Å². The minimum absolute atomic E-state index is 0.205. The third-order valence-corrected chi connectivity index (χ3v) is 2.33. The Kier molecular flexibility index (Phi) is 2.49. The minimum atomic E-state index is -0.205. The number of amides is 1. The normalized spacial score (nSPS) is 14.7. The molecule has 1 fully saturated rings. The van der Waals surface area contributed by atoms with E-state index in [-0.39, 0.29) is 12.0 Å². The second kappa shape index (κ2) is 3.81. The Morgan fingerprint density at radius 1 is 1.53 bits per heavy atom. The number of nitrogens with two attached hydrogens (primary N) is 1. The molecule has 1 aromatic rings. The predicted octanol–water partition coefficient (Wildman–Crippen LogP) is 1.17. The fourth-order valence-electron chi connectivity index (χ4n) is 1.38. The molecule has 0 aliphatic heterocycles. The highest BCUT2D eigenvalue weighted by Crippen LogP contribution is 2.31. The molecule has 1 aliphatic carbocycles. The van der Waals surface area contributed by atoms with Crippen LogP contribution in [0.4, 0.5) is 5.69 Å². The van der Waals surface area contributed by atoms with Crippen LogP contribution >= 0.6 is 0 Å². The number of carbonyl (C=O) groups excluding carboxylic acids is 1. The van der Waals surface area contributed by atoms with Crippen LogP contribution in [0.3, 0.4) is 0 Å². The summed E-state index contributed by atoms with van der Waals surface area (Å²) in [5.74, 6) is 0.376. The molecular weight excluding hydrogens is 192 g/mol. The Bertz CT molecular complexity index is 386. The van der Waals surface area contributed by atoms with E-state index in [1.54, 1.807) is 25.2 Å². The molecule has 0 aromatic heterocycles. The lowest BCUT2D eigenvalue weighted by molar-refractivity contribution is 0.0959. The minimum Gasteiger partial charge on any atom is -0.490 e. The Labute approximate surface area is 88.4 Å². The summed E-state index contributed by atoms with van der Waals surface area (Å²) in [6.45, 7) is 0. The van der Waals surface area contributed by atoms with Crippen LogP contribution in [0, 0.1) is 0 Å². The van der Waals surface area contributed by atoms with Crippen molar-refractivity contribution in [2.45, 2.75) is 18.9 Å². The number of rotatable bonds is 3. The third-order valence-electron chi connectivity index (χ3n) is 2.33. The fourth-order valence-corrected chi connectivity index (χ4v) is 1.38. The van der Waals surface area contributed by atoms with Crippen molar-refractivity contribution in [3.8, 4) is 5.75 Å². The molecule has 4 nitrogen and oxygen atoms in total. The largest absolute Gasteiger partial charge is 0.490 e. The summed E-state index contributed by atoms with van der Waals surface area (Å²) < 4.78 is 5.62. The molecule has 15 heavy (non-hydrogen) atoms. The van der Waals surface area contributed by atoms with Crippen molar-refractivity contribution in [3.63, 3.8) is 0 Å². The molecule has 2 rings (SSSR count). The number of hydrogen-bond acceptors (Lipinski definition) is 3. The SMILES string of the molecule is CNC(=O)c1c(N)cccc1OC1CC1. The van der Waals surface area contributed by atoms with Crippen molar-refractivity contribution in [2.75, 3.05) is 12.8 Å². The van der Waals surface area contributed by atoms with E-state index >= 15 is 0 Å². The van der Waals surface area contributed by atoms with Gasteiger partial charge in [-0.2, -0.15) is 0 Å². The van der Waals surface area contributed by atoms with Gasteiger partial charge < -0.3 is 15.8 Å². The van der Waals surface area contributed by atoms with Gasteiger partial charge in [-0.05, 0) is 25.0 Å². The summed E-state index contributed by atoms with van der Waals surface area (Å²) in [7, 11) is 1.58. The highest BCUT2D eigenvalue weighted by molar-refractivity contribution is 6.01. The van der Waals surface area contributed by atoms with Gasteiger partial charge in [0.1, 0.15) is 11.3 Å². The van der Waals surface area contributed by atoms with Gasteiger partial charge in [0.2, 0.25) is 0 Å². The van der Waals surface area contributed by atoms with Crippen LogP contribution in [0.2, 0.25) is 0 Å². The molecule has 80 valence electrons. The monoisotopic (exact) mass is 206 g/mol. The second-order valence-electron chi connectivity index (χ2n) is 3.62. The van der Waals surface area contributed by atoms with Gasteiger partial charge in [-0.25, -0.2) is 0 Å². The predicted molar refractivity (Wildman–Crippen MR) is 57.9 cm³/mol. The molecule has 1 amide bonds. The molecule has 0 radical (unpaired) electrons. The average molecular weight is 206 g/mol. The lowest BCUT2D eigenvalue weighted by Gasteiger charge is -2.11. The molecule has 1 saturated carbocycles. The van der Waals surface area contributed by atoms with Crippen molar-refractivity contribution >= 4 is 11.6 Å². The highest BCUT2D eigenvalue weighted by Gasteiger charge is 2.26. The zero-order valence-corrected chi connectivity index (χ0v) is 8.62. The first-order chi connectivity index (χ1) is 7.22. The van der Waals surface area contributed by atoms with Crippen LogP contribution in [0.15, 0.2) is 18.2 Å². The molecule has 0 unspecified atom stereocenters. The van der Waals surface area contributed by atoms with E-state index in [0.717, 1.165) is 12.8 Å². The van der Waals surface area contributed by atoms with E-state index in [4.69, 9.17) is 10.5 Å². The lowest BCUT2D eigenvalue weighted by atomic mass is 10.1. The summed E-state index contributed by atoms with van der Waals surface area (Å²) in [5.41, 5.74) is 6.64. The van der Waals surface area contributed by atoms with Gasteiger partial charge in [-0.1, -0.05) is 6.07 Å². The summed E-state index contributed by atoms with van der Waals surface area (Å²) in [4.78, 5) is 11.6. The molecule has 0 saturated heterocycles. The molecule has 1 aromatic carbocycles. The van der Waals surface area contributed by atoms with Crippen molar-refractivity contribution < 1.29 is 9.53 Å². The van der Waals surface area contributed by atoms with Crippen LogP contribution in [0.5, 0.6) is 5.75 Å². The molecule has 0 heterocycles. The van der Waals surface area contributed by atoms with Gasteiger partial charge in [-0.3, -0.25) is 4.79 Å². The van der Waals surface area contributed by atoms with Gasteiger partial charge in [0.05, 0.1) is 6.10 Å². The number of benzene rings is 1. The van der Waals surface area contributed by atoms with Crippen molar-refractivity contribution in [1.29, 1.82) is 0 Å². The first-order valence-corrected chi connectivity index (χ1v) is 4.99. The molecule has 0 atom stereocenters. The van der Waals surface area contributed by atoms with E-state index < -0.39 is 0 Å². The number of nitrogens with one attached hydrogen (secondary N) is 1. The van der Waals surface area contributed by atoms with E-state index in [9.17, 15) is 4.79 Å². The third kappa shape index (κ3) is 2.03. The Hall–Kier alpha value is -1.71. The highest BCUT2D eigenvalue weighted by atomic mass is 16.5. The smallest absolute Gasteiger partial charge is 0.256 e. The standard InChI is InChI=1S/C11H14N2O2/c1-13-11(14)10-8(12)3-2-4-9(10)15-7-5-6-7/h2-4,7H,5-6,12H2,1H3,(H,13,14). The zero-order chi connectivity index (χ0) is 10.8. The molecule has 4 heteroatoms.